The number of amides is 1. The Bertz CT molecular complexity index is 373. The first-order valence-corrected chi connectivity index (χ1v) is 9.03. The van der Waals surface area contributed by atoms with Crippen molar-refractivity contribution in [2.75, 3.05) is 0 Å². The van der Waals surface area contributed by atoms with Crippen LogP contribution in [0, 0.1) is 23.2 Å². The molecule has 1 N–H and O–H groups in total. The first kappa shape index (κ1) is 13.4. The molecule has 0 radical (unpaired) electrons. The lowest BCUT2D eigenvalue weighted by molar-refractivity contribution is -0.147. The maximum absolute atomic E-state index is 12.9. The second-order valence-corrected chi connectivity index (χ2v) is 8.64. The summed E-state index contributed by atoms with van der Waals surface area (Å²) in [6.45, 7) is 0. The molecule has 0 aromatic rings. The second-order valence-electron chi connectivity index (χ2n) is 8.08. The van der Waals surface area contributed by atoms with Gasteiger partial charge in [-0.15, -0.1) is 11.6 Å². The maximum atomic E-state index is 12.9. The van der Waals surface area contributed by atoms with Crippen LogP contribution >= 0.6 is 11.6 Å². The van der Waals surface area contributed by atoms with Crippen LogP contribution in [0.15, 0.2) is 0 Å². The smallest absolute Gasteiger partial charge is 0.226 e. The van der Waals surface area contributed by atoms with Gasteiger partial charge < -0.3 is 5.32 Å². The van der Waals surface area contributed by atoms with Gasteiger partial charge in [-0.25, -0.2) is 0 Å². The molecular weight excluding hydrogens is 270 g/mol. The lowest BCUT2D eigenvalue weighted by Gasteiger charge is -2.56. The lowest BCUT2D eigenvalue weighted by Crippen LogP contribution is -2.56. The van der Waals surface area contributed by atoms with E-state index in [0.717, 1.165) is 49.9 Å². The SMILES string of the molecule is O=C(NC1CCCCC1Cl)C12CC3CC(CC(C3)C1)C2. The van der Waals surface area contributed by atoms with Gasteiger partial charge in [0, 0.05) is 11.5 Å². The number of carbonyl (C=O) groups excluding carboxylic acids is 1. The van der Waals surface area contributed by atoms with Crippen LogP contribution in [-0.2, 0) is 4.79 Å². The summed E-state index contributed by atoms with van der Waals surface area (Å²) in [5.74, 6) is 2.87. The molecule has 0 saturated heterocycles. The fraction of sp³-hybridized carbons (Fsp3) is 0.941. The molecule has 112 valence electrons. The standard InChI is InChI=1S/C17H26ClNO/c18-14-3-1-2-4-15(14)19-16(20)17-8-11-5-12(9-17)7-13(6-11)10-17/h11-15H,1-10H2,(H,19,20). The predicted octanol–water partition coefficient (Wildman–Crippen LogP) is 3.87. The molecule has 1 amide bonds. The van der Waals surface area contributed by atoms with Crippen molar-refractivity contribution in [2.24, 2.45) is 23.2 Å². The van der Waals surface area contributed by atoms with E-state index in [1.165, 1.54) is 32.1 Å². The van der Waals surface area contributed by atoms with Crippen molar-refractivity contribution in [3.8, 4) is 0 Å². The van der Waals surface area contributed by atoms with Crippen molar-refractivity contribution in [2.45, 2.75) is 75.6 Å². The van der Waals surface area contributed by atoms with E-state index in [1.807, 2.05) is 0 Å². The van der Waals surface area contributed by atoms with Crippen LogP contribution in [-0.4, -0.2) is 17.3 Å². The van der Waals surface area contributed by atoms with Crippen LogP contribution in [0.4, 0.5) is 0 Å². The van der Waals surface area contributed by atoms with Gasteiger partial charge in [0.1, 0.15) is 0 Å². The summed E-state index contributed by atoms with van der Waals surface area (Å²) in [6.07, 6.45) is 12.2. The Hall–Kier alpha value is -0.240. The van der Waals surface area contributed by atoms with E-state index in [-0.39, 0.29) is 16.8 Å². The molecule has 0 heterocycles. The zero-order chi connectivity index (χ0) is 13.7. The van der Waals surface area contributed by atoms with Gasteiger partial charge in [0.25, 0.3) is 0 Å². The van der Waals surface area contributed by atoms with Crippen molar-refractivity contribution in [3.63, 3.8) is 0 Å². The van der Waals surface area contributed by atoms with Gasteiger partial charge in [0.05, 0.1) is 5.38 Å². The summed E-state index contributed by atoms with van der Waals surface area (Å²) in [7, 11) is 0. The molecule has 5 aliphatic carbocycles. The van der Waals surface area contributed by atoms with Crippen molar-refractivity contribution in [3.05, 3.63) is 0 Å². The first-order chi connectivity index (χ1) is 9.64. The molecule has 5 fully saturated rings. The van der Waals surface area contributed by atoms with Gasteiger partial charge in [-0.3, -0.25) is 4.79 Å². The molecule has 3 heteroatoms. The normalized spacial score (nSPS) is 50.1. The second kappa shape index (κ2) is 4.90. The summed E-state index contributed by atoms with van der Waals surface area (Å²) in [4.78, 5) is 12.9. The highest BCUT2D eigenvalue weighted by Gasteiger charge is 2.54. The fourth-order valence-corrected chi connectivity index (χ4v) is 6.30. The van der Waals surface area contributed by atoms with E-state index < -0.39 is 0 Å². The van der Waals surface area contributed by atoms with E-state index in [4.69, 9.17) is 11.6 Å². The Morgan fingerprint density at radius 3 is 2.05 bits per heavy atom. The van der Waals surface area contributed by atoms with E-state index in [0.29, 0.717) is 5.91 Å². The van der Waals surface area contributed by atoms with Crippen LogP contribution < -0.4 is 5.32 Å². The molecule has 0 aliphatic heterocycles. The number of hydrogen-bond acceptors (Lipinski definition) is 1. The van der Waals surface area contributed by atoms with Gasteiger partial charge in [0.2, 0.25) is 5.91 Å². The third kappa shape index (κ3) is 2.19. The molecule has 0 aromatic carbocycles. The minimum Gasteiger partial charge on any atom is -0.351 e. The number of rotatable bonds is 2. The highest BCUT2D eigenvalue weighted by Crippen LogP contribution is 2.60. The minimum absolute atomic E-state index is 0.0111. The zero-order valence-corrected chi connectivity index (χ0v) is 13.0. The fourth-order valence-electron chi connectivity index (χ4n) is 5.96. The molecule has 2 atom stereocenters. The Balaban J connectivity index is 1.48. The van der Waals surface area contributed by atoms with Gasteiger partial charge in [-0.05, 0) is 69.1 Å². The number of hydrogen-bond donors (Lipinski definition) is 1. The predicted molar refractivity (Wildman–Crippen MR) is 80.6 cm³/mol. The van der Waals surface area contributed by atoms with Crippen molar-refractivity contribution >= 4 is 17.5 Å². The van der Waals surface area contributed by atoms with Gasteiger partial charge in [-0.1, -0.05) is 12.8 Å². The van der Waals surface area contributed by atoms with E-state index >= 15 is 0 Å². The number of carbonyl (C=O) groups is 1. The molecule has 0 spiro atoms. The molecule has 4 bridgehead atoms. The Morgan fingerprint density at radius 1 is 0.950 bits per heavy atom. The topological polar surface area (TPSA) is 29.1 Å². The maximum Gasteiger partial charge on any atom is 0.226 e. The molecule has 5 saturated carbocycles. The van der Waals surface area contributed by atoms with Crippen LogP contribution in [0.1, 0.15) is 64.2 Å². The molecule has 2 nitrogen and oxygen atoms in total. The van der Waals surface area contributed by atoms with Crippen molar-refractivity contribution in [1.82, 2.24) is 5.32 Å². The molecular formula is C17H26ClNO. The summed E-state index contributed by atoms with van der Waals surface area (Å²) >= 11 is 6.42. The first-order valence-electron chi connectivity index (χ1n) is 8.60. The van der Waals surface area contributed by atoms with Gasteiger partial charge in [0.15, 0.2) is 0 Å². The molecule has 0 aromatic heterocycles. The summed E-state index contributed by atoms with van der Waals surface area (Å²) in [5.41, 5.74) is -0.0111. The van der Waals surface area contributed by atoms with Crippen molar-refractivity contribution < 1.29 is 4.79 Å². The largest absolute Gasteiger partial charge is 0.351 e. The summed E-state index contributed by atoms with van der Waals surface area (Å²) in [5, 5.41) is 3.51. The molecule has 20 heavy (non-hydrogen) atoms. The monoisotopic (exact) mass is 295 g/mol. The van der Waals surface area contributed by atoms with E-state index in [9.17, 15) is 4.79 Å². The average molecular weight is 296 g/mol. The van der Waals surface area contributed by atoms with E-state index in [2.05, 4.69) is 5.32 Å². The number of halogens is 1. The van der Waals surface area contributed by atoms with Crippen molar-refractivity contribution in [1.29, 1.82) is 0 Å². The number of alkyl halides is 1. The third-order valence-corrected chi connectivity index (χ3v) is 7.04. The molecule has 5 aliphatic rings. The summed E-state index contributed by atoms with van der Waals surface area (Å²) < 4.78 is 0. The quantitative estimate of drug-likeness (QED) is 0.770. The lowest BCUT2D eigenvalue weighted by atomic mass is 9.49. The molecule has 5 rings (SSSR count). The Labute approximate surface area is 127 Å². The van der Waals surface area contributed by atoms with Crippen LogP contribution in [0.2, 0.25) is 0 Å². The molecule has 2 unspecified atom stereocenters. The third-order valence-electron chi connectivity index (χ3n) is 6.52. The number of nitrogens with one attached hydrogen (secondary N) is 1. The Kier molecular flexibility index (Phi) is 3.29. The zero-order valence-electron chi connectivity index (χ0n) is 12.2. The van der Waals surface area contributed by atoms with Crippen LogP contribution in [0.3, 0.4) is 0 Å². The van der Waals surface area contributed by atoms with E-state index in [1.54, 1.807) is 0 Å². The van der Waals surface area contributed by atoms with Crippen LogP contribution in [0.25, 0.3) is 0 Å². The average Bonchev–Trinajstić information content (AvgIpc) is 2.40. The van der Waals surface area contributed by atoms with Crippen LogP contribution in [0.5, 0.6) is 0 Å². The Morgan fingerprint density at radius 2 is 1.50 bits per heavy atom. The summed E-state index contributed by atoms with van der Waals surface area (Å²) in [6, 6.07) is 0.228. The minimum atomic E-state index is -0.0111. The van der Waals surface area contributed by atoms with Gasteiger partial charge in [-0.2, -0.15) is 0 Å². The van der Waals surface area contributed by atoms with Gasteiger partial charge >= 0.3 is 0 Å². The highest BCUT2D eigenvalue weighted by atomic mass is 35.5. The highest BCUT2D eigenvalue weighted by molar-refractivity contribution is 6.21.